The van der Waals surface area contributed by atoms with E-state index in [1.165, 1.54) is 103 Å². The second kappa shape index (κ2) is 47.9. The molecular formula is C59H104O12. The van der Waals surface area contributed by atoms with Crippen molar-refractivity contribution in [2.75, 3.05) is 13.2 Å². The number of carbonyl (C=O) groups excluding carboxylic acids is 3. The number of carboxylic acids is 1. The van der Waals surface area contributed by atoms with Crippen LogP contribution < -0.4 is 0 Å². The molecule has 12 nitrogen and oxygen atoms in total. The van der Waals surface area contributed by atoms with E-state index in [1.807, 2.05) is 0 Å². The summed E-state index contributed by atoms with van der Waals surface area (Å²) < 4.78 is 28.4. The van der Waals surface area contributed by atoms with Crippen molar-refractivity contribution in [3.05, 3.63) is 36.5 Å². The van der Waals surface area contributed by atoms with E-state index < -0.39 is 67.3 Å². The van der Waals surface area contributed by atoms with Crippen LogP contribution >= 0.6 is 0 Å². The summed E-state index contributed by atoms with van der Waals surface area (Å²) in [4.78, 5) is 51.0. The van der Waals surface area contributed by atoms with Gasteiger partial charge in [0.2, 0.25) is 0 Å². The van der Waals surface area contributed by atoms with E-state index in [0.717, 1.165) is 103 Å². The molecule has 12 heteroatoms. The second-order valence-electron chi connectivity index (χ2n) is 19.9. The van der Waals surface area contributed by atoms with Crippen molar-refractivity contribution in [3.63, 3.8) is 0 Å². The molecule has 0 aliphatic carbocycles. The largest absolute Gasteiger partial charge is 0.479 e. The number of allylic oxidation sites excluding steroid dienone is 6. The highest BCUT2D eigenvalue weighted by Crippen LogP contribution is 2.26. The number of aliphatic carboxylic acids is 1. The number of hydrogen-bond acceptors (Lipinski definition) is 11. The number of aliphatic hydroxyl groups is 2. The molecule has 0 aromatic rings. The zero-order valence-corrected chi connectivity index (χ0v) is 45.2. The van der Waals surface area contributed by atoms with Gasteiger partial charge in [0.1, 0.15) is 18.8 Å². The van der Waals surface area contributed by atoms with Crippen LogP contribution in [-0.2, 0) is 42.9 Å². The third-order valence-corrected chi connectivity index (χ3v) is 13.2. The number of aliphatic hydroxyl groups excluding tert-OH is 2. The average Bonchev–Trinajstić information content (AvgIpc) is 3.35. The highest BCUT2D eigenvalue weighted by atomic mass is 16.7. The summed E-state index contributed by atoms with van der Waals surface area (Å²) in [6.07, 6.45) is 42.5. The molecule has 0 aromatic heterocycles. The lowest BCUT2D eigenvalue weighted by Gasteiger charge is -2.40. The Morgan fingerprint density at radius 1 is 0.465 bits per heavy atom. The predicted octanol–water partition coefficient (Wildman–Crippen LogP) is 14.5. The quantitative estimate of drug-likeness (QED) is 0.0228. The number of rotatable bonds is 49. The molecule has 412 valence electrons. The van der Waals surface area contributed by atoms with E-state index in [0.29, 0.717) is 19.3 Å². The minimum atomic E-state index is -1.90. The first-order chi connectivity index (χ1) is 34.6. The maximum absolute atomic E-state index is 13.1. The van der Waals surface area contributed by atoms with E-state index in [-0.39, 0.29) is 25.9 Å². The van der Waals surface area contributed by atoms with Crippen LogP contribution in [0.15, 0.2) is 36.5 Å². The first-order valence-electron chi connectivity index (χ1n) is 29.0. The molecule has 1 fully saturated rings. The standard InChI is InChI=1S/C59H104O12/c1-4-7-10-13-16-19-22-25-26-29-32-35-38-41-44-47-53(62)70-57-55(64)54(63)56(58(65)66)71-59(57)68-49-50(69-52(61)46-43-40-37-34-31-28-24-21-18-15-12-9-6-3)48-67-51(60)45-42-39-36-33-30-27-23-20-17-14-11-8-5-2/h16,19-20,23,25-26,50,54-57,59,63-64H,4-15,17-18,21-22,24,27-49H2,1-3H3,(H,65,66)/b19-16-,23-20-,26-25-. The van der Waals surface area contributed by atoms with Crippen LogP contribution in [0.1, 0.15) is 265 Å². The van der Waals surface area contributed by atoms with Gasteiger partial charge in [-0.1, -0.05) is 205 Å². The van der Waals surface area contributed by atoms with Gasteiger partial charge in [-0.25, -0.2) is 4.79 Å². The molecule has 0 aromatic carbocycles. The fourth-order valence-electron chi connectivity index (χ4n) is 8.69. The second-order valence-corrected chi connectivity index (χ2v) is 19.9. The molecule has 71 heavy (non-hydrogen) atoms. The van der Waals surface area contributed by atoms with Crippen LogP contribution in [0, 0.1) is 0 Å². The molecule has 3 N–H and O–H groups in total. The Hall–Kier alpha value is -3.06. The number of hydrogen-bond donors (Lipinski definition) is 3. The highest BCUT2D eigenvalue weighted by molar-refractivity contribution is 5.74. The fraction of sp³-hybridized carbons (Fsp3) is 0.831. The van der Waals surface area contributed by atoms with Crippen molar-refractivity contribution >= 4 is 23.9 Å². The third kappa shape index (κ3) is 38.2. The first kappa shape index (κ1) is 66.0. The van der Waals surface area contributed by atoms with Crippen molar-refractivity contribution in [2.45, 2.75) is 302 Å². The molecule has 1 saturated heterocycles. The number of unbranched alkanes of at least 4 members (excludes halogenated alkanes) is 29. The Bertz CT molecular complexity index is 1380. The van der Waals surface area contributed by atoms with Crippen molar-refractivity contribution in [3.8, 4) is 0 Å². The van der Waals surface area contributed by atoms with Crippen LogP contribution in [0.4, 0.5) is 0 Å². The molecular weight excluding hydrogens is 901 g/mol. The van der Waals surface area contributed by atoms with E-state index >= 15 is 0 Å². The van der Waals surface area contributed by atoms with Crippen LogP contribution in [0.2, 0.25) is 0 Å². The van der Waals surface area contributed by atoms with Crippen molar-refractivity contribution < 1.29 is 58.2 Å². The Morgan fingerprint density at radius 2 is 0.845 bits per heavy atom. The average molecular weight is 1010 g/mol. The lowest BCUT2D eigenvalue weighted by molar-refractivity contribution is -0.301. The Labute approximate surface area is 431 Å². The van der Waals surface area contributed by atoms with Gasteiger partial charge in [0.15, 0.2) is 24.6 Å². The molecule has 6 unspecified atom stereocenters. The van der Waals surface area contributed by atoms with Gasteiger partial charge in [0.25, 0.3) is 0 Å². The van der Waals surface area contributed by atoms with Crippen LogP contribution in [0.5, 0.6) is 0 Å². The first-order valence-corrected chi connectivity index (χ1v) is 29.0. The van der Waals surface area contributed by atoms with Crippen LogP contribution in [-0.4, -0.2) is 89.2 Å². The summed E-state index contributed by atoms with van der Waals surface area (Å²) in [5.74, 6) is -3.13. The third-order valence-electron chi connectivity index (χ3n) is 13.2. The predicted molar refractivity (Wildman–Crippen MR) is 285 cm³/mol. The van der Waals surface area contributed by atoms with Gasteiger partial charge in [-0.3, -0.25) is 14.4 Å². The molecule has 0 radical (unpaired) electrons. The Balaban J connectivity index is 2.71. The Morgan fingerprint density at radius 3 is 1.32 bits per heavy atom. The maximum Gasteiger partial charge on any atom is 0.335 e. The van der Waals surface area contributed by atoms with E-state index in [2.05, 4.69) is 57.2 Å². The summed E-state index contributed by atoms with van der Waals surface area (Å²) in [7, 11) is 0. The van der Waals surface area contributed by atoms with Crippen molar-refractivity contribution in [1.29, 1.82) is 0 Å². The number of esters is 3. The van der Waals surface area contributed by atoms with E-state index in [9.17, 15) is 34.5 Å². The monoisotopic (exact) mass is 1000 g/mol. The zero-order chi connectivity index (χ0) is 51.8. The van der Waals surface area contributed by atoms with Gasteiger partial charge >= 0.3 is 23.9 Å². The van der Waals surface area contributed by atoms with E-state index in [4.69, 9.17) is 23.7 Å². The summed E-state index contributed by atoms with van der Waals surface area (Å²) in [6.45, 7) is 5.94. The molecule has 0 spiro atoms. The molecule has 1 aliphatic rings. The van der Waals surface area contributed by atoms with Gasteiger partial charge < -0.3 is 39.0 Å². The minimum Gasteiger partial charge on any atom is -0.479 e. The lowest BCUT2D eigenvalue weighted by atomic mass is 9.98. The molecule has 1 rings (SSSR count). The SMILES string of the molecule is CCCCC/C=C\C/C=C\CCCCCCCC(=O)OC1C(OCC(COC(=O)CCCCCCC/C=C\CCCCCC)OC(=O)CCCCCCCCCCCCCCC)OC(C(=O)O)C(O)C1O. The normalized spacial score (nSPS) is 18.7. The lowest BCUT2D eigenvalue weighted by Crippen LogP contribution is -2.61. The number of carboxylic acid groups (broad SMARTS) is 1. The molecule has 1 heterocycles. The van der Waals surface area contributed by atoms with Gasteiger partial charge in [0, 0.05) is 19.3 Å². The zero-order valence-electron chi connectivity index (χ0n) is 45.2. The van der Waals surface area contributed by atoms with Gasteiger partial charge in [-0.05, 0) is 77.0 Å². The Kier molecular flexibility index (Phi) is 44.5. The molecule has 0 amide bonds. The van der Waals surface area contributed by atoms with Gasteiger partial charge in [-0.2, -0.15) is 0 Å². The highest BCUT2D eigenvalue weighted by Gasteiger charge is 2.50. The fourth-order valence-corrected chi connectivity index (χ4v) is 8.69. The molecule has 6 atom stereocenters. The van der Waals surface area contributed by atoms with Crippen LogP contribution in [0.25, 0.3) is 0 Å². The van der Waals surface area contributed by atoms with Gasteiger partial charge in [-0.15, -0.1) is 0 Å². The van der Waals surface area contributed by atoms with Gasteiger partial charge in [0.05, 0.1) is 6.61 Å². The summed E-state index contributed by atoms with van der Waals surface area (Å²) in [6, 6.07) is 0. The summed E-state index contributed by atoms with van der Waals surface area (Å²) in [5, 5.41) is 31.4. The summed E-state index contributed by atoms with van der Waals surface area (Å²) in [5.41, 5.74) is 0. The van der Waals surface area contributed by atoms with Crippen LogP contribution in [0.3, 0.4) is 0 Å². The number of ether oxygens (including phenoxy) is 5. The topological polar surface area (TPSA) is 175 Å². The maximum atomic E-state index is 13.1. The molecule has 0 bridgehead atoms. The van der Waals surface area contributed by atoms with Crippen molar-refractivity contribution in [1.82, 2.24) is 0 Å². The molecule has 0 saturated carbocycles. The van der Waals surface area contributed by atoms with E-state index in [1.54, 1.807) is 0 Å². The minimum absolute atomic E-state index is 0.0465. The molecule has 1 aliphatic heterocycles. The number of carbonyl (C=O) groups is 4. The summed E-state index contributed by atoms with van der Waals surface area (Å²) >= 11 is 0. The van der Waals surface area contributed by atoms with Crippen molar-refractivity contribution in [2.24, 2.45) is 0 Å². The smallest absolute Gasteiger partial charge is 0.335 e.